The van der Waals surface area contributed by atoms with Gasteiger partial charge in [-0.2, -0.15) is 5.10 Å². The monoisotopic (exact) mass is 315 g/mol. The summed E-state index contributed by atoms with van der Waals surface area (Å²) in [7, 11) is 0. The summed E-state index contributed by atoms with van der Waals surface area (Å²) in [5, 5.41) is 9.03. The number of carbonyl (C=O) groups excluding carboxylic acids is 1. The molecule has 0 aliphatic carbocycles. The largest absolute Gasteiger partial charge is 0.337 e. The van der Waals surface area contributed by atoms with E-state index in [-0.39, 0.29) is 0 Å². The summed E-state index contributed by atoms with van der Waals surface area (Å²) in [5.74, 6) is -2.29. The number of pyridine rings is 1. The number of aromatic nitrogens is 4. The molecule has 116 valence electrons. The van der Waals surface area contributed by atoms with E-state index in [1.54, 1.807) is 24.3 Å². The van der Waals surface area contributed by atoms with Gasteiger partial charge in [0.1, 0.15) is 18.2 Å². The lowest BCUT2D eigenvalue weighted by Gasteiger charge is -2.16. The molecule has 1 aromatic carbocycles. The van der Waals surface area contributed by atoms with Crippen molar-refractivity contribution in [1.82, 2.24) is 25.5 Å². The summed E-state index contributed by atoms with van der Waals surface area (Å²) in [4.78, 5) is 19.8. The van der Waals surface area contributed by atoms with Gasteiger partial charge in [0.25, 0.3) is 5.91 Å². The molecule has 0 bridgehead atoms. The fraction of sp³-hybridized carbons (Fsp3) is 0.0667. The average Bonchev–Trinajstić information content (AvgIpc) is 3.07. The molecule has 0 fully saturated rings. The molecule has 0 saturated heterocycles. The maximum absolute atomic E-state index is 13.7. The molecule has 0 unspecified atom stereocenters. The molecular formula is C15H11F2N5O. The molecule has 3 aromatic rings. The van der Waals surface area contributed by atoms with Crippen LogP contribution in [-0.2, 0) is 0 Å². The van der Waals surface area contributed by atoms with Gasteiger partial charge in [-0.25, -0.2) is 18.7 Å². The second-order valence-electron chi connectivity index (χ2n) is 4.67. The van der Waals surface area contributed by atoms with E-state index in [2.05, 4.69) is 25.5 Å². The Morgan fingerprint density at radius 2 is 1.96 bits per heavy atom. The van der Waals surface area contributed by atoms with Gasteiger partial charge in [0, 0.05) is 6.07 Å². The molecule has 8 heteroatoms. The van der Waals surface area contributed by atoms with E-state index in [0.29, 0.717) is 11.9 Å². The number of benzene rings is 1. The fourth-order valence-electron chi connectivity index (χ4n) is 2.09. The highest BCUT2D eigenvalue weighted by Crippen LogP contribution is 2.19. The van der Waals surface area contributed by atoms with Crippen molar-refractivity contribution < 1.29 is 13.6 Å². The van der Waals surface area contributed by atoms with Crippen molar-refractivity contribution in [3.05, 3.63) is 77.6 Å². The molecule has 2 N–H and O–H groups in total. The fourth-order valence-corrected chi connectivity index (χ4v) is 2.09. The van der Waals surface area contributed by atoms with Crippen LogP contribution in [0, 0.1) is 11.6 Å². The molecule has 2 heterocycles. The van der Waals surface area contributed by atoms with E-state index in [0.717, 1.165) is 11.8 Å². The lowest BCUT2D eigenvalue weighted by Crippen LogP contribution is -2.31. The lowest BCUT2D eigenvalue weighted by molar-refractivity contribution is 0.0932. The number of rotatable bonds is 4. The summed E-state index contributed by atoms with van der Waals surface area (Å²) in [5.41, 5.74) is 0.229. The van der Waals surface area contributed by atoms with Crippen molar-refractivity contribution in [2.45, 2.75) is 6.04 Å². The molecule has 6 nitrogen and oxygen atoms in total. The Bertz CT molecular complexity index is 808. The Balaban J connectivity index is 1.91. The van der Waals surface area contributed by atoms with Crippen LogP contribution in [0.5, 0.6) is 0 Å². The van der Waals surface area contributed by atoms with Crippen molar-refractivity contribution in [3.63, 3.8) is 0 Å². The molecule has 0 radical (unpaired) electrons. The first kappa shape index (κ1) is 14.8. The molecule has 23 heavy (non-hydrogen) atoms. The van der Waals surface area contributed by atoms with Crippen molar-refractivity contribution in [1.29, 1.82) is 0 Å². The normalized spacial score (nSPS) is 11.9. The molecule has 0 aliphatic rings. The smallest absolute Gasteiger partial charge is 0.273 e. The molecule has 1 amide bonds. The third-order valence-corrected chi connectivity index (χ3v) is 3.14. The molecule has 0 spiro atoms. The van der Waals surface area contributed by atoms with E-state index in [1.807, 2.05) is 6.07 Å². The van der Waals surface area contributed by atoms with Crippen LogP contribution in [-0.4, -0.2) is 26.1 Å². The van der Waals surface area contributed by atoms with E-state index < -0.39 is 29.3 Å². The van der Waals surface area contributed by atoms with Crippen LogP contribution in [0.2, 0.25) is 0 Å². The molecule has 3 rings (SSSR count). The Labute approximate surface area is 129 Å². The van der Waals surface area contributed by atoms with E-state index >= 15 is 0 Å². The van der Waals surface area contributed by atoms with Crippen LogP contribution in [0.1, 0.15) is 27.9 Å². The molecule has 1 atom stereocenters. The highest BCUT2D eigenvalue weighted by molar-refractivity contribution is 5.92. The van der Waals surface area contributed by atoms with Crippen molar-refractivity contribution in [2.24, 2.45) is 0 Å². The predicted molar refractivity (Wildman–Crippen MR) is 76.3 cm³/mol. The zero-order chi connectivity index (χ0) is 16.2. The first-order valence-corrected chi connectivity index (χ1v) is 6.67. The molecule has 0 saturated carbocycles. The van der Waals surface area contributed by atoms with Crippen molar-refractivity contribution in [2.75, 3.05) is 0 Å². The Morgan fingerprint density at radius 1 is 1.17 bits per heavy atom. The van der Waals surface area contributed by atoms with Gasteiger partial charge in [0.05, 0.1) is 6.20 Å². The number of halogens is 2. The maximum atomic E-state index is 13.7. The summed E-state index contributed by atoms with van der Waals surface area (Å²) < 4.78 is 26.6. The van der Waals surface area contributed by atoms with Crippen LogP contribution in [0.4, 0.5) is 8.78 Å². The highest BCUT2D eigenvalue weighted by Gasteiger charge is 2.23. The Hall–Kier alpha value is -3.16. The lowest BCUT2D eigenvalue weighted by atomic mass is 10.1. The summed E-state index contributed by atoms with van der Waals surface area (Å²) >= 11 is 0. The van der Waals surface area contributed by atoms with Gasteiger partial charge in [-0.05, 0) is 5.56 Å². The van der Waals surface area contributed by atoms with E-state index in [1.165, 1.54) is 6.33 Å². The second kappa shape index (κ2) is 6.30. The van der Waals surface area contributed by atoms with Crippen LogP contribution in [0.25, 0.3) is 0 Å². The minimum atomic E-state index is -1.04. The second-order valence-corrected chi connectivity index (χ2v) is 4.67. The van der Waals surface area contributed by atoms with Gasteiger partial charge in [-0.3, -0.25) is 9.89 Å². The van der Waals surface area contributed by atoms with Gasteiger partial charge >= 0.3 is 0 Å². The highest BCUT2D eigenvalue weighted by atomic mass is 19.1. The quantitative estimate of drug-likeness (QED) is 0.771. The van der Waals surface area contributed by atoms with Crippen LogP contribution >= 0.6 is 0 Å². The third-order valence-electron chi connectivity index (χ3n) is 3.14. The number of nitrogens with zero attached hydrogens (tertiary/aromatic N) is 3. The van der Waals surface area contributed by atoms with Crippen LogP contribution < -0.4 is 5.32 Å². The van der Waals surface area contributed by atoms with Crippen LogP contribution in [0.15, 0.2) is 48.9 Å². The molecule has 2 aromatic heterocycles. The zero-order valence-corrected chi connectivity index (χ0v) is 11.7. The first-order chi connectivity index (χ1) is 11.1. The third kappa shape index (κ3) is 3.20. The number of nitrogens with one attached hydrogen (secondary N) is 2. The van der Waals surface area contributed by atoms with E-state index in [4.69, 9.17) is 0 Å². The van der Waals surface area contributed by atoms with Crippen LogP contribution in [0.3, 0.4) is 0 Å². The number of hydrogen-bond donors (Lipinski definition) is 2. The summed E-state index contributed by atoms with van der Waals surface area (Å²) in [6.45, 7) is 0. The van der Waals surface area contributed by atoms with Gasteiger partial charge in [-0.15, -0.1) is 0 Å². The topological polar surface area (TPSA) is 83.6 Å². The van der Waals surface area contributed by atoms with Crippen molar-refractivity contribution >= 4 is 5.91 Å². The number of aromatic amines is 1. The SMILES string of the molecule is O=C(N[C@H](c1ccccc1)c1ncn[nH]1)c1ncc(F)cc1F. The zero-order valence-electron chi connectivity index (χ0n) is 11.7. The van der Waals surface area contributed by atoms with Gasteiger partial charge in [0.2, 0.25) is 0 Å². The van der Waals surface area contributed by atoms with E-state index in [9.17, 15) is 13.6 Å². The standard InChI is InChI=1S/C15H11F2N5O/c16-10-6-11(17)13(18-7-10)15(23)21-12(14-19-8-20-22-14)9-4-2-1-3-5-9/h1-8,12H,(H,21,23)(H,19,20,22)/t12-/m1/s1. The number of hydrogen-bond acceptors (Lipinski definition) is 4. The number of H-pyrrole nitrogens is 1. The molecular weight excluding hydrogens is 304 g/mol. The number of amides is 1. The Morgan fingerprint density at radius 3 is 2.61 bits per heavy atom. The van der Waals surface area contributed by atoms with Gasteiger partial charge < -0.3 is 5.32 Å². The minimum absolute atomic E-state index is 0.382. The predicted octanol–water partition coefficient (Wildman–Crippen LogP) is 2.00. The first-order valence-electron chi connectivity index (χ1n) is 6.67. The summed E-state index contributed by atoms with van der Waals surface area (Å²) in [6, 6.07) is 8.91. The summed E-state index contributed by atoms with van der Waals surface area (Å²) in [6.07, 6.45) is 2.08. The Kier molecular flexibility index (Phi) is 4.05. The maximum Gasteiger partial charge on any atom is 0.273 e. The van der Waals surface area contributed by atoms with Gasteiger partial charge in [-0.1, -0.05) is 30.3 Å². The average molecular weight is 315 g/mol. The molecule has 0 aliphatic heterocycles. The van der Waals surface area contributed by atoms with Crippen molar-refractivity contribution in [3.8, 4) is 0 Å². The minimum Gasteiger partial charge on any atom is -0.337 e. The van der Waals surface area contributed by atoms with Gasteiger partial charge in [0.15, 0.2) is 17.3 Å². The number of carbonyl (C=O) groups is 1.